The Morgan fingerprint density at radius 1 is 0.820 bits per heavy atom. The second-order valence-electron chi connectivity index (χ2n) is 11.3. The fourth-order valence-electron chi connectivity index (χ4n) is 5.52. The SMILES string of the molecule is COc1ccc(CN(Cc2ccc(OC)cc2)S(=O)(=O)c2c(F)cnn2C2CCCCO2)cc1.O=S([O-])c1c(F)cnn1C1CCCCO1.[Li+]. The van der Waals surface area contributed by atoms with Gasteiger partial charge >= 0.3 is 18.9 Å². The largest absolute Gasteiger partial charge is 1.00 e. The Morgan fingerprint density at radius 3 is 1.72 bits per heavy atom. The van der Waals surface area contributed by atoms with Crippen LogP contribution in [-0.4, -0.2) is 68.5 Å². The Bertz CT molecular complexity index is 1750. The summed E-state index contributed by atoms with van der Waals surface area (Å²) in [6.45, 7) is 1.10. The zero-order valence-corrected chi connectivity index (χ0v) is 29.7. The molecule has 13 nitrogen and oxygen atoms in total. The molecule has 2 fully saturated rings. The summed E-state index contributed by atoms with van der Waals surface area (Å²) in [7, 11) is -1.16. The van der Waals surface area contributed by atoms with Gasteiger partial charge in [0.25, 0.3) is 10.0 Å². The molecular formula is C32H38F2LiN5O8S2. The average Bonchev–Trinajstić information content (AvgIpc) is 3.72. The van der Waals surface area contributed by atoms with E-state index in [-0.39, 0.29) is 32.0 Å². The van der Waals surface area contributed by atoms with Gasteiger partial charge in [0.05, 0.1) is 26.6 Å². The molecule has 0 radical (unpaired) electrons. The van der Waals surface area contributed by atoms with Crippen molar-refractivity contribution in [2.75, 3.05) is 27.4 Å². The molecule has 3 atom stereocenters. The van der Waals surface area contributed by atoms with Crippen LogP contribution in [-0.2, 0) is 43.7 Å². The van der Waals surface area contributed by atoms with Gasteiger partial charge in [-0.3, -0.25) is 4.21 Å². The third kappa shape index (κ3) is 9.59. The third-order valence-electron chi connectivity index (χ3n) is 8.05. The minimum absolute atomic E-state index is 0. The Morgan fingerprint density at radius 2 is 1.28 bits per heavy atom. The van der Waals surface area contributed by atoms with Crippen LogP contribution < -0.4 is 28.3 Å². The molecule has 50 heavy (non-hydrogen) atoms. The molecule has 2 saturated heterocycles. The van der Waals surface area contributed by atoms with Crippen LogP contribution in [0.3, 0.4) is 0 Å². The van der Waals surface area contributed by atoms with Gasteiger partial charge in [-0.25, -0.2) is 26.6 Å². The molecule has 3 unspecified atom stereocenters. The molecule has 0 spiro atoms. The molecule has 2 aliphatic heterocycles. The molecule has 2 aromatic heterocycles. The molecule has 0 bridgehead atoms. The first kappa shape index (κ1) is 39.6. The number of hydrogen-bond donors (Lipinski definition) is 0. The van der Waals surface area contributed by atoms with Crippen molar-refractivity contribution in [3.8, 4) is 11.5 Å². The Kier molecular flexibility index (Phi) is 14.6. The normalized spacial score (nSPS) is 18.4. The van der Waals surface area contributed by atoms with Crippen LogP contribution in [0.2, 0.25) is 0 Å². The van der Waals surface area contributed by atoms with Crippen LogP contribution in [0.5, 0.6) is 11.5 Å². The molecule has 0 amide bonds. The van der Waals surface area contributed by atoms with Crippen molar-refractivity contribution >= 4 is 21.1 Å². The van der Waals surface area contributed by atoms with Crippen LogP contribution in [0.1, 0.15) is 62.1 Å². The summed E-state index contributed by atoms with van der Waals surface area (Å²) in [5, 5.41) is 6.80. The molecule has 0 N–H and O–H groups in total. The van der Waals surface area contributed by atoms with E-state index in [0.29, 0.717) is 37.6 Å². The second-order valence-corrected chi connectivity index (χ2v) is 14.0. The summed E-state index contributed by atoms with van der Waals surface area (Å²) in [6.07, 6.45) is 5.57. The van der Waals surface area contributed by atoms with Crippen LogP contribution >= 0.6 is 0 Å². The minimum atomic E-state index is -4.28. The molecular weight excluding hydrogens is 691 g/mol. The first-order chi connectivity index (χ1) is 23.6. The Labute approximate surface area is 304 Å². The number of methoxy groups -OCH3 is 2. The van der Waals surface area contributed by atoms with E-state index in [2.05, 4.69) is 10.2 Å². The number of sulfonamides is 1. The van der Waals surface area contributed by atoms with Gasteiger partial charge in [0.1, 0.15) is 16.5 Å². The molecule has 2 aromatic carbocycles. The number of benzene rings is 2. The van der Waals surface area contributed by atoms with E-state index < -0.39 is 55.2 Å². The number of halogens is 2. The molecule has 6 rings (SSSR count). The van der Waals surface area contributed by atoms with E-state index in [0.717, 1.165) is 53.9 Å². The van der Waals surface area contributed by atoms with Crippen LogP contribution in [0, 0.1) is 11.6 Å². The summed E-state index contributed by atoms with van der Waals surface area (Å²) in [5.74, 6) is -0.417. The van der Waals surface area contributed by atoms with E-state index in [1.54, 1.807) is 62.8 Å². The Balaban J connectivity index is 0.000000294. The van der Waals surface area contributed by atoms with E-state index in [1.165, 1.54) is 8.99 Å². The summed E-state index contributed by atoms with van der Waals surface area (Å²) < 4.78 is 102. The van der Waals surface area contributed by atoms with Gasteiger partial charge in [-0.15, -0.1) is 0 Å². The van der Waals surface area contributed by atoms with Crippen molar-refractivity contribution in [2.24, 2.45) is 0 Å². The minimum Gasteiger partial charge on any atom is -0.767 e. The number of rotatable bonds is 11. The molecule has 4 heterocycles. The number of ether oxygens (including phenoxy) is 4. The maximum atomic E-state index is 14.9. The predicted molar refractivity (Wildman–Crippen MR) is 172 cm³/mol. The molecule has 2 aliphatic rings. The fourth-order valence-corrected chi connectivity index (χ4v) is 7.63. The number of hydrogen-bond acceptors (Lipinski definition) is 10. The standard InChI is InChI=1S/C24H28FN3O5S.C8H11FN2O3S.Li/c1-31-20-10-6-18(7-11-20)16-27(17-19-8-12-21(32-2)13-9-19)34(29,30)24-22(25)15-26-28(24)23-5-3-4-14-33-23;9-6-5-10-11(8(6)15(12)13)7-3-1-2-4-14-7;/h6-13,15,23H,3-5,14,16-17H2,1-2H3;5,7H,1-4H2,(H,12,13);/q;;+1/p-1. The predicted octanol–water partition coefficient (Wildman–Crippen LogP) is 2.09. The molecule has 18 heteroatoms. The van der Waals surface area contributed by atoms with Gasteiger partial charge in [-0.2, -0.15) is 14.5 Å². The van der Waals surface area contributed by atoms with E-state index in [9.17, 15) is 26.0 Å². The van der Waals surface area contributed by atoms with Gasteiger partial charge in [0.2, 0.25) is 5.03 Å². The van der Waals surface area contributed by atoms with E-state index >= 15 is 0 Å². The van der Waals surface area contributed by atoms with Gasteiger partial charge in [0, 0.05) is 37.4 Å². The zero-order chi connectivity index (χ0) is 35.0. The van der Waals surface area contributed by atoms with Crippen molar-refractivity contribution < 1.29 is 63.8 Å². The molecule has 0 saturated carbocycles. The number of aromatic nitrogens is 4. The molecule has 266 valence electrons. The van der Waals surface area contributed by atoms with Crippen LogP contribution in [0.15, 0.2) is 71.0 Å². The van der Waals surface area contributed by atoms with Crippen molar-refractivity contribution in [1.82, 2.24) is 23.9 Å². The summed E-state index contributed by atoms with van der Waals surface area (Å²) in [5.41, 5.74) is 1.47. The van der Waals surface area contributed by atoms with E-state index in [4.69, 9.17) is 18.9 Å². The summed E-state index contributed by atoms with van der Waals surface area (Å²) in [6, 6.07) is 14.2. The van der Waals surface area contributed by atoms with Crippen LogP contribution in [0.4, 0.5) is 8.78 Å². The number of nitrogens with zero attached hydrogens (tertiary/aromatic N) is 5. The summed E-state index contributed by atoms with van der Waals surface area (Å²) in [4.78, 5) is 0. The van der Waals surface area contributed by atoms with Crippen molar-refractivity contribution in [1.29, 1.82) is 0 Å². The van der Waals surface area contributed by atoms with Crippen molar-refractivity contribution in [3.63, 3.8) is 0 Å². The van der Waals surface area contributed by atoms with Gasteiger partial charge in [-0.1, -0.05) is 24.3 Å². The second kappa shape index (κ2) is 18.4. The third-order valence-corrected chi connectivity index (χ3v) is 10.6. The smallest absolute Gasteiger partial charge is 0.767 e. The molecule has 0 aliphatic carbocycles. The average molecular weight is 730 g/mol. The first-order valence-corrected chi connectivity index (χ1v) is 18.2. The topological polar surface area (TPSA) is 150 Å². The quantitative estimate of drug-likeness (QED) is 0.166. The zero-order valence-electron chi connectivity index (χ0n) is 28.1. The first-order valence-electron chi connectivity index (χ1n) is 15.7. The maximum absolute atomic E-state index is 14.9. The Hall–Kier alpha value is -3.14. The van der Waals surface area contributed by atoms with Gasteiger partial charge in [-0.05, 0) is 73.9 Å². The fraction of sp³-hybridized carbons (Fsp3) is 0.438. The van der Waals surface area contributed by atoms with Gasteiger partial charge in [0.15, 0.2) is 24.1 Å². The van der Waals surface area contributed by atoms with Crippen LogP contribution in [0.25, 0.3) is 0 Å². The molecule has 4 aromatic rings. The van der Waals surface area contributed by atoms with E-state index in [1.807, 2.05) is 0 Å². The monoisotopic (exact) mass is 729 g/mol. The van der Waals surface area contributed by atoms with Gasteiger partial charge < -0.3 is 23.5 Å². The maximum Gasteiger partial charge on any atom is 1.00 e. The van der Waals surface area contributed by atoms with Crippen molar-refractivity contribution in [3.05, 3.63) is 83.7 Å². The summed E-state index contributed by atoms with van der Waals surface area (Å²) >= 11 is -2.63. The van der Waals surface area contributed by atoms with Crippen molar-refractivity contribution in [2.45, 2.75) is 74.1 Å².